The summed E-state index contributed by atoms with van der Waals surface area (Å²) in [7, 11) is -0.559. The zero-order valence-electron chi connectivity index (χ0n) is 9.70. The van der Waals surface area contributed by atoms with Crippen molar-refractivity contribution >= 4 is 12.9 Å². The molecule has 0 N–H and O–H groups in total. The summed E-state index contributed by atoms with van der Waals surface area (Å²) in [5.74, 6) is 0.894. The van der Waals surface area contributed by atoms with Gasteiger partial charge in [-0.15, -0.1) is 10.2 Å². The summed E-state index contributed by atoms with van der Waals surface area (Å²) >= 11 is 0. The van der Waals surface area contributed by atoms with Gasteiger partial charge in [0, 0.05) is 6.92 Å². The van der Waals surface area contributed by atoms with Crippen LogP contribution in [0.3, 0.4) is 0 Å². The first-order valence-corrected chi connectivity index (χ1v) is 4.97. The molecule has 1 aliphatic rings. The molecule has 0 bridgehead atoms. The maximum absolute atomic E-state index is 5.74. The van der Waals surface area contributed by atoms with Crippen molar-refractivity contribution in [1.29, 1.82) is 0 Å². The summed E-state index contributed by atoms with van der Waals surface area (Å²) in [5, 5.41) is 7.64. The van der Waals surface area contributed by atoms with Gasteiger partial charge in [0.1, 0.15) is 0 Å². The van der Waals surface area contributed by atoms with Crippen molar-refractivity contribution in [3.05, 3.63) is 5.89 Å². The normalized spacial score (nSPS) is 23.4. The second kappa shape index (κ2) is 3.06. The quantitative estimate of drug-likeness (QED) is 0.637. The summed E-state index contributed by atoms with van der Waals surface area (Å²) in [6.45, 7) is 9.67. The van der Waals surface area contributed by atoms with Crippen molar-refractivity contribution in [3.63, 3.8) is 0 Å². The summed E-state index contributed by atoms with van der Waals surface area (Å²) in [6, 6.07) is 0. The zero-order chi connectivity index (χ0) is 11.3. The molecule has 0 saturated carbocycles. The van der Waals surface area contributed by atoms with E-state index in [1.54, 1.807) is 6.92 Å². The Balaban J connectivity index is 2.23. The lowest BCUT2D eigenvalue weighted by Gasteiger charge is -2.32. The third-order valence-corrected chi connectivity index (χ3v) is 3.00. The second-order valence-electron chi connectivity index (χ2n) is 4.75. The fourth-order valence-corrected chi connectivity index (χ4v) is 1.35. The van der Waals surface area contributed by atoms with E-state index in [0.29, 0.717) is 11.7 Å². The van der Waals surface area contributed by atoms with Crippen molar-refractivity contribution in [2.24, 2.45) is 0 Å². The maximum atomic E-state index is 5.74. The number of nitrogens with zero attached hydrogens (tertiary/aromatic N) is 2. The van der Waals surface area contributed by atoms with Crippen LogP contribution >= 0.6 is 0 Å². The molecule has 2 heterocycles. The standard InChI is InChI=1S/C9H15BN2O3/c1-6-11-12-7(13-6)10-14-8(2,3)9(4,5)15-10/h1-5H3. The molecule has 82 valence electrons. The molecule has 1 aliphatic heterocycles. The maximum Gasteiger partial charge on any atom is 0.557 e. The van der Waals surface area contributed by atoms with Crippen LogP contribution in [0.2, 0.25) is 0 Å². The predicted molar refractivity (Wildman–Crippen MR) is 54.8 cm³/mol. The van der Waals surface area contributed by atoms with Crippen molar-refractivity contribution < 1.29 is 13.7 Å². The molecule has 1 saturated heterocycles. The zero-order valence-corrected chi connectivity index (χ0v) is 9.70. The molecule has 6 heteroatoms. The molecule has 1 aromatic rings. The van der Waals surface area contributed by atoms with Crippen LogP contribution in [0.25, 0.3) is 0 Å². The van der Waals surface area contributed by atoms with Crippen LogP contribution in [-0.4, -0.2) is 28.5 Å². The summed E-state index contributed by atoms with van der Waals surface area (Å²) < 4.78 is 16.8. The minimum Gasteiger partial charge on any atom is -0.428 e. The Morgan fingerprint density at radius 2 is 1.53 bits per heavy atom. The molecule has 0 spiro atoms. The molecule has 0 amide bonds. The van der Waals surface area contributed by atoms with Crippen LogP contribution in [0.5, 0.6) is 0 Å². The molecular formula is C9H15BN2O3. The summed E-state index contributed by atoms with van der Waals surface area (Å²) in [5.41, 5.74) is -0.750. The van der Waals surface area contributed by atoms with Gasteiger partial charge in [-0.3, -0.25) is 0 Å². The third kappa shape index (κ3) is 1.68. The predicted octanol–water partition coefficient (Wildman–Crippen LogP) is 0.677. The van der Waals surface area contributed by atoms with Crippen LogP contribution in [0.15, 0.2) is 4.42 Å². The van der Waals surface area contributed by atoms with E-state index < -0.39 is 7.12 Å². The highest BCUT2D eigenvalue weighted by atomic mass is 16.7. The van der Waals surface area contributed by atoms with Crippen molar-refractivity contribution in [3.8, 4) is 0 Å². The minimum absolute atomic E-state index is 0.375. The molecule has 0 radical (unpaired) electrons. The van der Waals surface area contributed by atoms with Gasteiger partial charge in [-0.25, -0.2) is 0 Å². The SMILES string of the molecule is Cc1nnc(B2OC(C)(C)C(C)(C)O2)o1. The van der Waals surface area contributed by atoms with Crippen LogP contribution in [-0.2, 0) is 9.31 Å². The fourth-order valence-electron chi connectivity index (χ4n) is 1.35. The molecule has 5 nitrogen and oxygen atoms in total. The van der Waals surface area contributed by atoms with Gasteiger partial charge in [0.25, 0.3) is 0 Å². The van der Waals surface area contributed by atoms with Crippen LogP contribution in [0, 0.1) is 6.92 Å². The Morgan fingerprint density at radius 1 is 1.00 bits per heavy atom. The van der Waals surface area contributed by atoms with Crippen LogP contribution in [0.4, 0.5) is 0 Å². The Bertz CT molecular complexity index is 359. The second-order valence-corrected chi connectivity index (χ2v) is 4.75. The van der Waals surface area contributed by atoms with Crippen LogP contribution < -0.4 is 5.79 Å². The van der Waals surface area contributed by atoms with E-state index in [0.717, 1.165) is 0 Å². The number of aromatic nitrogens is 2. The topological polar surface area (TPSA) is 57.4 Å². The Kier molecular flexibility index (Phi) is 2.17. The van der Waals surface area contributed by atoms with Gasteiger partial charge in [-0.05, 0) is 27.7 Å². The van der Waals surface area contributed by atoms with Gasteiger partial charge < -0.3 is 13.7 Å². The summed E-state index contributed by atoms with van der Waals surface area (Å²) in [6.07, 6.45) is 0. The summed E-state index contributed by atoms with van der Waals surface area (Å²) in [4.78, 5) is 0. The highest BCUT2D eigenvalue weighted by Gasteiger charge is 2.54. The molecule has 1 fully saturated rings. The van der Waals surface area contributed by atoms with E-state index in [1.807, 2.05) is 27.7 Å². The Morgan fingerprint density at radius 3 is 1.93 bits per heavy atom. The molecular weight excluding hydrogens is 195 g/mol. The van der Waals surface area contributed by atoms with E-state index in [9.17, 15) is 0 Å². The van der Waals surface area contributed by atoms with Crippen molar-refractivity contribution in [2.45, 2.75) is 45.8 Å². The number of hydrogen-bond acceptors (Lipinski definition) is 5. The molecule has 15 heavy (non-hydrogen) atoms. The molecule has 0 atom stereocenters. The van der Waals surface area contributed by atoms with Crippen LogP contribution in [0.1, 0.15) is 33.6 Å². The van der Waals surface area contributed by atoms with Gasteiger partial charge in [-0.1, -0.05) is 0 Å². The number of aryl methyl sites for hydroxylation is 1. The lowest BCUT2D eigenvalue weighted by Crippen LogP contribution is -2.41. The van der Waals surface area contributed by atoms with Gasteiger partial charge in [0.2, 0.25) is 11.7 Å². The first-order valence-electron chi connectivity index (χ1n) is 4.97. The highest BCUT2D eigenvalue weighted by Crippen LogP contribution is 2.36. The monoisotopic (exact) mass is 210 g/mol. The minimum atomic E-state index is -0.559. The smallest absolute Gasteiger partial charge is 0.428 e. The van der Waals surface area contributed by atoms with Gasteiger partial charge >= 0.3 is 7.12 Å². The van der Waals surface area contributed by atoms with Crippen molar-refractivity contribution in [1.82, 2.24) is 10.2 Å². The van der Waals surface area contributed by atoms with E-state index in [2.05, 4.69) is 10.2 Å². The molecule has 2 rings (SSSR count). The third-order valence-electron chi connectivity index (χ3n) is 3.00. The van der Waals surface area contributed by atoms with Gasteiger partial charge in [0.05, 0.1) is 11.2 Å². The van der Waals surface area contributed by atoms with Crippen molar-refractivity contribution in [2.75, 3.05) is 0 Å². The van der Waals surface area contributed by atoms with Gasteiger partial charge in [0.15, 0.2) is 0 Å². The fraction of sp³-hybridized carbons (Fsp3) is 0.778. The lowest BCUT2D eigenvalue weighted by atomic mass is 9.90. The number of hydrogen-bond donors (Lipinski definition) is 0. The van der Waals surface area contributed by atoms with E-state index in [-0.39, 0.29) is 11.2 Å². The molecule has 1 aromatic heterocycles. The molecule has 0 aromatic carbocycles. The first-order chi connectivity index (χ1) is 6.82. The molecule has 0 unspecified atom stereocenters. The van der Waals surface area contributed by atoms with E-state index in [4.69, 9.17) is 13.7 Å². The first kappa shape index (κ1) is 10.6. The van der Waals surface area contributed by atoms with Gasteiger partial charge in [-0.2, -0.15) is 0 Å². The average molecular weight is 210 g/mol. The van der Waals surface area contributed by atoms with E-state index in [1.165, 1.54) is 0 Å². The highest BCUT2D eigenvalue weighted by molar-refractivity contribution is 6.59. The molecule has 0 aliphatic carbocycles. The lowest BCUT2D eigenvalue weighted by molar-refractivity contribution is 0.00578. The van der Waals surface area contributed by atoms with E-state index >= 15 is 0 Å². The average Bonchev–Trinajstić information content (AvgIpc) is 2.56. The number of rotatable bonds is 1. The largest absolute Gasteiger partial charge is 0.557 e. The Labute approximate surface area is 89.3 Å². The Hall–Kier alpha value is -0.875.